The first kappa shape index (κ1) is 17.5. The predicted molar refractivity (Wildman–Crippen MR) is 97.0 cm³/mol. The monoisotopic (exact) mass is 368 g/mol. The molecule has 3 amide bonds. The van der Waals surface area contributed by atoms with Crippen molar-refractivity contribution in [2.45, 2.75) is 25.4 Å². The Morgan fingerprint density at radius 2 is 1.96 bits per heavy atom. The van der Waals surface area contributed by atoms with Crippen molar-refractivity contribution in [2.75, 3.05) is 13.1 Å². The van der Waals surface area contributed by atoms with E-state index < -0.39 is 5.41 Å². The maximum Gasteiger partial charge on any atom is 0.317 e. The number of β-lactam (4-membered cyclic amide) rings is 1. The number of likely N-dealkylation sites (tertiary alicyclic amines) is 1. The number of amides is 3. The van der Waals surface area contributed by atoms with Gasteiger partial charge in [0.2, 0.25) is 5.91 Å². The summed E-state index contributed by atoms with van der Waals surface area (Å²) in [6.07, 6.45) is 2.96. The molecule has 2 aliphatic rings. The van der Waals surface area contributed by atoms with Gasteiger partial charge in [-0.25, -0.2) is 9.18 Å². The molecule has 140 valence electrons. The molecule has 1 aromatic heterocycles. The zero-order valence-electron chi connectivity index (χ0n) is 14.8. The van der Waals surface area contributed by atoms with Crippen LogP contribution in [0.5, 0.6) is 0 Å². The number of halogens is 1. The zero-order chi connectivity index (χ0) is 18.9. The fourth-order valence-corrected chi connectivity index (χ4v) is 3.89. The van der Waals surface area contributed by atoms with Crippen molar-refractivity contribution in [3.05, 3.63) is 65.7 Å². The van der Waals surface area contributed by atoms with E-state index in [1.807, 2.05) is 18.2 Å². The van der Waals surface area contributed by atoms with Crippen LogP contribution >= 0.6 is 0 Å². The van der Waals surface area contributed by atoms with Crippen molar-refractivity contribution < 1.29 is 14.0 Å². The van der Waals surface area contributed by atoms with Crippen molar-refractivity contribution >= 4 is 11.9 Å². The second-order valence-electron chi connectivity index (χ2n) is 7.09. The van der Waals surface area contributed by atoms with Crippen LogP contribution in [-0.4, -0.2) is 34.9 Å². The van der Waals surface area contributed by atoms with E-state index in [2.05, 4.69) is 15.6 Å². The molecule has 2 fully saturated rings. The molecule has 1 atom stereocenters. The number of hydrogen-bond acceptors (Lipinski definition) is 3. The molecule has 4 rings (SSSR count). The van der Waals surface area contributed by atoms with Crippen LogP contribution in [0, 0.1) is 11.2 Å². The molecule has 0 bridgehead atoms. The molecule has 2 saturated heterocycles. The minimum absolute atomic E-state index is 0.0459. The molecule has 1 aromatic carbocycles. The summed E-state index contributed by atoms with van der Waals surface area (Å²) < 4.78 is 12.9. The third-order valence-corrected chi connectivity index (χ3v) is 5.56. The Hall–Kier alpha value is -2.96. The first-order valence-corrected chi connectivity index (χ1v) is 9.08. The van der Waals surface area contributed by atoms with E-state index in [9.17, 15) is 14.0 Å². The van der Waals surface area contributed by atoms with Crippen molar-refractivity contribution in [1.82, 2.24) is 20.5 Å². The Balaban J connectivity index is 1.34. The lowest BCUT2D eigenvalue weighted by atomic mass is 9.65. The van der Waals surface area contributed by atoms with Gasteiger partial charge in [-0.15, -0.1) is 0 Å². The lowest BCUT2D eigenvalue weighted by Crippen LogP contribution is -2.65. The molecule has 2 N–H and O–H groups in total. The molecule has 0 saturated carbocycles. The highest BCUT2D eigenvalue weighted by Gasteiger charge is 2.57. The standard InChI is InChI=1S/C20H21FN4O2/c21-15-6-4-14(5-7-15)13-23-19(27)25-11-8-20(9-12-25)17(24-18(20)26)16-3-1-2-10-22-16/h1-7,10,17H,8-9,11-13H2,(H,23,27)(H,24,26). The number of piperidine rings is 1. The van der Waals surface area contributed by atoms with E-state index >= 15 is 0 Å². The van der Waals surface area contributed by atoms with E-state index in [4.69, 9.17) is 0 Å². The fraction of sp³-hybridized carbons (Fsp3) is 0.350. The summed E-state index contributed by atoms with van der Waals surface area (Å²) in [7, 11) is 0. The average molecular weight is 368 g/mol. The lowest BCUT2D eigenvalue weighted by molar-refractivity contribution is -0.151. The lowest BCUT2D eigenvalue weighted by Gasteiger charge is -2.52. The molecule has 0 aliphatic carbocycles. The van der Waals surface area contributed by atoms with Crippen LogP contribution in [0.1, 0.15) is 30.1 Å². The smallest absolute Gasteiger partial charge is 0.317 e. The van der Waals surface area contributed by atoms with Crippen LogP contribution in [0.15, 0.2) is 48.7 Å². The fourth-order valence-electron chi connectivity index (χ4n) is 3.89. The SMILES string of the molecule is O=C(NCc1ccc(F)cc1)N1CCC2(CC1)C(=O)NC2c1ccccn1. The second kappa shape index (κ2) is 6.98. The summed E-state index contributed by atoms with van der Waals surface area (Å²) in [4.78, 5) is 30.8. The Morgan fingerprint density at radius 1 is 1.22 bits per heavy atom. The summed E-state index contributed by atoms with van der Waals surface area (Å²) in [6.45, 7) is 1.38. The number of nitrogens with zero attached hydrogens (tertiary/aromatic N) is 2. The topological polar surface area (TPSA) is 74.3 Å². The zero-order valence-corrected chi connectivity index (χ0v) is 14.8. The second-order valence-corrected chi connectivity index (χ2v) is 7.09. The van der Waals surface area contributed by atoms with Crippen molar-refractivity contribution in [2.24, 2.45) is 5.41 Å². The van der Waals surface area contributed by atoms with E-state index in [0.29, 0.717) is 32.5 Å². The van der Waals surface area contributed by atoms with Gasteiger partial charge in [0.05, 0.1) is 17.2 Å². The van der Waals surface area contributed by atoms with Gasteiger partial charge in [-0.2, -0.15) is 0 Å². The van der Waals surface area contributed by atoms with Gasteiger partial charge in [-0.1, -0.05) is 18.2 Å². The van der Waals surface area contributed by atoms with Gasteiger partial charge in [0.15, 0.2) is 0 Å². The number of urea groups is 1. The van der Waals surface area contributed by atoms with Gasteiger partial charge < -0.3 is 15.5 Å². The van der Waals surface area contributed by atoms with Crippen LogP contribution in [-0.2, 0) is 11.3 Å². The van der Waals surface area contributed by atoms with Gasteiger partial charge in [0.25, 0.3) is 0 Å². The number of carbonyl (C=O) groups is 2. The Morgan fingerprint density at radius 3 is 2.59 bits per heavy atom. The molecule has 27 heavy (non-hydrogen) atoms. The summed E-state index contributed by atoms with van der Waals surface area (Å²) in [5.74, 6) is -0.253. The third-order valence-electron chi connectivity index (χ3n) is 5.56. The van der Waals surface area contributed by atoms with E-state index in [1.54, 1.807) is 23.2 Å². The molecule has 6 nitrogen and oxygen atoms in total. The van der Waals surface area contributed by atoms with Gasteiger partial charge in [0.1, 0.15) is 5.82 Å². The molecular weight excluding hydrogens is 347 g/mol. The Kier molecular flexibility index (Phi) is 4.51. The van der Waals surface area contributed by atoms with Crippen LogP contribution in [0.3, 0.4) is 0 Å². The van der Waals surface area contributed by atoms with E-state index in [-0.39, 0.29) is 23.8 Å². The van der Waals surface area contributed by atoms with Crippen LogP contribution in [0.25, 0.3) is 0 Å². The molecule has 2 aromatic rings. The highest BCUT2D eigenvalue weighted by atomic mass is 19.1. The third kappa shape index (κ3) is 3.25. The first-order chi connectivity index (χ1) is 13.1. The molecule has 1 unspecified atom stereocenters. The summed E-state index contributed by atoms with van der Waals surface area (Å²) in [5, 5.41) is 5.82. The highest BCUT2D eigenvalue weighted by Crippen LogP contribution is 2.49. The van der Waals surface area contributed by atoms with Gasteiger partial charge >= 0.3 is 6.03 Å². The maximum atomic E-state index is 12.9. The minimum Gasteiger partial charge on any atom is -0.346 e. The van der Waals surface area contributed by atoms with Gasteiger partial charge in [-0.3, -0.25) is 9.78 Å². The van der Waals surface area contributed by atoms with Crippen molar-refractivity contribution in [1.29, 1.82) is 0 Å². The molecule has 2 aliphatic heterocycles. The van der Waals surface area contributed by atoms with E-state index in [1.165, 1.54) is 12.1 Å². The van der Waals surface area contributed by atoms with Gasteiger partial charge in [0, 0.05) is 25.8 Å². The van der Waals surface area contributed by atoms with Crippen molar-refractivity contribution in [3.63, 3.8) is 0 Å². The molecule has 7 heteroatoms. The quantitative estimate of drug-likeness (QED) is 0.817. The number of nitrogens with one attached hydrogen (secondary N) is 2. The number of carbonyl (C=O) groups excluding carboxylic acids is 2. The van der Waals surface area contributed by atoms with Crippen molar-refractivity contribution in [3.8, 4) is 0 Å². The summed E-state index contributed by atoms with van der Waals surface area (Å²) in [5.41, 5.74) is 1.24. The molecule has 1 spiro atoms. The Labute approximate surface area is 156 Å². The number of rotatable bonds is 3. The van der Waals surface area contributed by atoms with E-state index in [0.717, 1.165) is 11.3 Å². The number of benzene rings is 1. The minimum atomic E-state index is -0.470. The predicted octanol–water partition coefficient (Wildman–Crippen LogP) is 2.38. The number of pyridine rings is 1. The van der Waals surface area contributed by atoms with Crippen LogP contribution in [0.4, 0.5) is 9.18 Å². The maximum absolute atomic E-state index is 12.9. The normalized spacial score (nSPS) is 20.7. The average Bonchev–Trinajstić information content (AvgIpc) is 2.72. The summed E-state index contributed by atoms with van der Waals surface area (Å²) >= 11 is 0. The molecule has 0 radical (unpaired) electrons. The summed E-state index contributed by atoms with van der Waals surface area (Å²) in [6, 6.07) is 11.5. The van der Waals surface area contributed by atoms with Crippen LogP contribution < -0.4 is 10.6 Å². The molecule has 3 heterocycles. The highest BCUT2D eigenvalue weighted by molar-refractivity contribution is 5.90. The first-order valence-electron chi connectivity index (χ1n) is 9.08. The number of aromatic nitrogens is 1. The molecular formula is C20H21FN4O2. The number of hydrogen-bond donors (Lipinski definition) is 2. The van der Waals surface area contributed by atoms with Gasteiger partial charge in [-0.05, 0) is 42.7 Å². The largest absolute Gasteiger partial charge is 0.346 e. The Bertz CT molecular complexity index is 833. The van der Waals surface area contributed by atoms with Crippen LogP contribution in [0.2, 0.25) is 0 Å².